The van der Waals surface area contributed by atoms with Crippen molar-refractivity contribution in [1.82, 2.24) is 0 Å². The van der Waals surface area contributed by atoms with Crippen LogP contribution in [0, 0.1) is 0 Å². The molecule has 0 aromatic carbocycles. The summed E-state index contributed by atoms with van der Waals surface area (Å²) < 4.78 is 33.9. The Kier molecular flexibility index (Phi) is 4.97. The Bertz CT molecular complexity index is 283. The Labute approximate surface area is 81.1 Å². The molecular formula is C6H9ClO5S. The first kappa shape index (κ1) is 12.4. The van der Waals surface area contributed by atoms with Gasteiger partial charge in [0.2, 0.25) is 0 Å². The van der Waals surface area contributed by atoms with E-state index in [2.05, 4.69) is 11.3 Å². The van der Waals surface area contributed by atoms with Crippen LogP contribution in [0.25, 0.3) is 0 Å². The van der Waals surface area contributed by atoms with E-state index in [0.29, 0.717) is 0 Å². The van der Waals surface area contributed by atoms with E-state index in [9.17, 15) is 13.2 Å². The minimum Gasteiger partial charge on any atom is -0.460 e. The van der Waals surface area contributed by atoms with Crippen molar-refractivity contribution in [2.45, 2.75) is 5.25 Å². The molecule has 13 heavy (non-hydrogen) atoms. The molecular weight excluding hydrogens is 220 g/mol. The largest absolute Gasteiger partial charge is 0.460 e. The van der Waals surface area contributed by atoms with Crippen molar-refractivity contribution in [2.75, 3.05) is 12.5 Å². The van der Waals surface area contributed by atoms with E-state index >= 15 is 0 Å². The van der Waals surface area contributed by atoms with Gasteiger partial charge in [0.1, 0.15) is 6.61 Å². The molecule has 0 heterocycles. The van der Waals surface area contributed by atoms with E-state index in [1.165, 1.54) is 6.08 Å². The van der Waals surface area contributed by atoms with Crippen LogP contribution in [0.4, 0.5) is 0 Å². The minimum absolute atomic E-state index is 0.123. The molecule has 0 rings (SSSR count). The van der Waals surface area contributed by atoms with Crippen molar-refractivity contribution in [2.24, 2.45) is 0 Å². The number of halogens is 1. The molecule has 0 bridgehead atoms. The lowest BCUT2D eigenvalue weighted by Gasteiger charge is -2.08. The molecule has 1 N–H and O–H groups in total. The summed E-state index contributed by atoms with van der Waals surface area (Å²) >= 11 is 5.16. The summed E-state index contributed by atoms with van der Waals surface area (Å²) in [4.78, 5) is 10.9. The molecule has 0 fully saturated rings. The van der Waals surface area contributed by atoms with Gasteiger partial charge >= 0.3 is 5.97 Å². The Morgan fingerprint density at radius 2 is 2.23 bits per heavy atom. The quantitative estimate of drug-likeness (QED) is 0.315. The van der Waals surface area contributed by atoms with E-state index in [4.69, 9.17) is 16.2 Å². The first-order chi connectivity index (χ1) is 5.93. The third-order valence-corrected chi connectivity index (χ3v) is 2.68. The lowest BCUT2D eigenvalue weighted by molar-refractivity contribution is -0.141. The van der Waals surface area contributed by atoms with Gasteiger partial charge < -0.3 is 4.74 Å². The molecule has 0 aliphatic heterocycles. The second kappa shape index (κ2) is 5.21. The highest BCUT2D eigenvalue weighted by molar-refractivity contribution is 7.87. The number of alkyl halides is 1. The Hall–Kier alpha value is -0.590. The van der Waals surface area contributed by atoms with Gasteiger partial charge in [-0.3, -0.25) is 9.35 Å². The monoisotopic (exact) mass is 228 g/mol. The molecule has 1 atom stereocenters. The lowest BCUT2D eigenvalue weighted by atomic mass is 10.5. The first-order valence-electron chi connectivity index (χ1n) is 3.23. The van der Waals surface area contributed by atoms with Crippen molar-refractivity contribution in [3.05, 3.63) is 12.7 Å². The molecule has 0 aromatic heterocycles. The van der Waals surface area contributed by atoms with Crippen LogP contribution in [0.15, 0.2) is 12.7 Å². The molecule has 0 radical (unpaired) electrons. The highest BCUT2D eigenvalue weighted by Crippen LogP contribution is 2.04. The number of rotatable bonds is 5. The minimum atomic E-state index is -4.49. The number of ether oxygens (including phenoxy) is 1. The van der Waals surface area contributed by atoms with Crippen molar-refractivity contribution < 1.29 is 22.5 Å². The molecule has 0 amide bonds. The van der Waals surface area contributed by atoms with E-state index in [1.807, 2.05) is 0 Å². The topological polar surface area (TPSA) is 80.7 Å². The average molecular weight is 229 g/mol. The van der Waals surface area contributed by atoms with Crippen LogP contribution >= 0.6 is 11.6 Å². The summed E-state index contributed by atoms with van der Waals surface area (Å²) in [5.74, 6) is -1.63. The van der Waals surface area contributed by atoms with Crippen LogP contribution in [-0.4, -0.2) is 36.7 Å². The third kappa shape index (κ3) is 4.25. The second-order valence-corrected chi connectivity index (χ2v) is 3.98. The van der Waals surface area contributed by atoms with Crippen molar-refractivity contribution in [3.8, 4) is 0 Å². The van der Waals surface area contributed by atoms with Gasteiger partial charge in [0.05, 0.1) is 5.88 Å². The predicted molar refractivity (Wildman–Crippen MR) is 47.2 cm³/mol. The summed E-state index contributed by atoms with van der Waals surface area (Å²) in [6, 6.07) is 0. The second-order valence-electron chi connectivity index (χ2n) is 2.08. The number of hydrogen-bond donors (Lipinski definition) is 1. The fraction of sp³-hybridized carbons (Fsp3) is 0.500. The zero-order valence-corrected chi connectivity index (χ0v) is 8.21. The number of carbonyl (C=O) groups excluding carboxylic acids is 1. The molecule has 0 saturated carbocycles. The Morgan fingerprint density at radius 1 is 1.69 bits per heavy atom. The van der Waals surface area contributed by atoms with Crippen LogP contribution in [-0.2, 0) is 19.6 Å². The van der Waals surface area contributed by atoms with Gasteiger partial charge in [-0.2, -0.15) is 8.42 Å². The molecule has 0 aliphatic rings. The van der Waals surface area contributed by atoms with Gasteiger partial charge in [0, 0.05) is 0 Å². The SMILES string of the molecule is C=CCOC(=O)C(CCl)S(=O)(=O)O. The maximum atomic E-state index is 10.9. The summed E-state index contributed by atoms with van der Waals surface area (Å²) in [6.45, 7) is 3.13. The molecule has 76 valence electrons. The van der Waals surface area contributed by atoms with Gasteiger partial charge in [-0.25, -0.2) is 0 Å². The van der Waals surface area contributed by atoms with Crippen LogP contribution in [0.1, 0.15) is 0 Å². The fourth-order valence-electron chi connectivity index (χ4n) is 0.498. The highest BCUT2D eigenvalue weighted by atomic mass is 35.5. The summed E-state index contributed by atoms with van der Waals surface area (Å²) in [7, 11) is -4.49. The lowest BCUT2D eigenvalue weighted by Crippen LogP contribution is -2.33. The van der Waals surface area contributed by atoms with E-state index in [1.54, 1.807) is 0 Å². The normalized spacial score (nSPS) is 13.4. The van der Waals surface area contributed by atoms with Gasteiger partial charge in [-0.05, 0) is 0 Å². The molecule has 0 aliphatic carbocycles. The van der Waals surface area contributed by atoms with Crippen LogP contribution in [0.5, 0.6) is 0 Å². The predicted octanol–water partition coefficient (Wildman–Crippen LogP) is 0.211. The maximum absolute atomic E-state index is 10.9. The van der Waals surface area contributed by atoms with Gasteiger partial charge in [-0.1, -0.05) is 12.7 Å². The number of esters is 1. The van der Waals surface area contributed by atoms with Crippen molar-refractivity contribution >= 4 is 27.7 Å². The molecule has 1 unspecified atom stereocenters. The summed E-state index contributed by atoms with van der Waals surface area (Å²) in [5.41, 5.74) is 0. The smallest absolute Gasteiger partial charge is 0.328 e. The Balaban J connectivity index is 4.42. The number of carbonyl (C=O) groups is 1. The average Bonchev–Trinajstić information content (AvgIpc) is 1.99. The van der Waals surface area contributed by atoms with Crippen LogP contribution in [0.2, 0.25) is 0 Å². The van der Waals surface area contributed by atoms with E-state index in [-0.39, 0.29) is 6.61 Å². The van der Waals surface area contributed by atoms with Gasteiger partial charge in [0.25, 0.3) is 10.1 Å². The zero-order valence-electron chi connectivity index (χ0n) is 6.64. The van der Waals surface area contributed by atoms with Crippen molar-refractivity contribution in [3.63, 3.8) is 0 Å². The van der Waals surface area contributed by atoms with Crippen molar-refractivity contribution in [1.29, 1.82) is 0 Å². The molecule has 0 aromatic rings. The summed E-state index contributed by atoms with van der Waals surface area (Å²) in [6.07, 6.45) is 1.27. The van der Waals surface area contributed by atoms with E-state index < -0.39 is 27.2 Å². The van der Waals surface area contributed by atoms with Gasteiger partial charge in [-0.15, -0.1) is 11.6 Å². The van der Waals surface area contributed by atoms with Crippen LogP contribution in [0.3, 0.4) is 0 Å². The van der Waals surface area contributed by atoms with Crippen LogP contribution < -0.4 is 0 Å². The number of hydrogen-bond acceptors (Lipinski definition) is 4. The third-order valence-electron chi connectivity index (χ3n) is 1.11. The maximum Gasteiger partial charge on any atom is 0.328 e. The molecule has 0 spiro atoms. The molecule has 0 saturated heterocycles. The molecule has 7 heteroatoms. The fourth-order valence-corrected chi connectivity index (χ4v) is 1.57. The zero-order chi connectivity index (χ0) is 10.5. The van der Waals surface area contributed by atoms with Gasteiger partial charge in [0.15, 0.2) is 5.25 Å². The van der Waals surface area contributed by atoms with E-state index in [0.717, 1.165) is 0 Å². The summed E-state index contributed by atoms with van der Waals surface area (Å²) in [5, 5.41) is -1.73. The highest BCUT2D eigenvalue weighted by Gasteiger charge is 2.31. The molecule has 5 nitrogen and oxygen atoms in total. The standard InChI is InChI=1S/C6H9ClO5S/c1-2-3-12-6(8)5(4-7)13(9,10)11/h2,5H,1,3-4H2,(H,9,10,11). The Morgan fingerprint density at radius 3 is 2.54 bits per heavy atom. The first-order valence-corrected chi connectivity index (χ1v) is 5.27.